The maximum Gasteiger partial charge on any atom is 0.326 e. The first kappa shape index (κ1) is 17.0. The zero-order valence-corrected chi connectivity index (χ0v) is 14.3. The van der Waals surface area contributed by atoms with Gasteiger partial charge in [0.05, 0.1) is 5.02 Å². The minimum Gasteiger partial charge on any atom is -0.424 e. The average Bonchev–Trinajstić information content (AvgIpc) is 2.97. The molecule has 5 nitrogen and oxygen atoms in total. The fraction of sp³-hybridized carbons (Fsp3) is 0.214. The van der Waals surface area contributed by atoms with Gasteiger partial charge < -0.3 is 4.74 Å². The van der Waals surface area contributed by atoms with Crippen molar-refractivity contribution in [3.05, 3.63) is 46.3 Å². The minimum absolute atomic E-state index is 0.177. The quantitative estimate of drug-likeness (QED) is 0.608. The predicted molar refractivity (Wildman–Crippen MR) is 86.0 cm³/mol. The van der Waals surface area contributed by atoms with Gasteiger partial charge in [-0.15, -0.1) is 11.3 Å². The molecule has 0 fully saturated rings. The Balaban J connectivity index is 2.07. The number of esters is 1. The van der Waals surface area contributed by atoms with Crippen LogP contribution in [0.3, 0.4) is 0 Å². The molecule has 22 heavy (non-hydrogen) atoms. The minimum atomic E-state index is -3.68. The van der Waals surface area contributed by atoms with E-state index in [-0.39, 0.29) is 9.96 Å². The molecule has 2 rings (SSSR count). The van der Waals surface area contributed by atoms with Gasteiger partial charge in [-0.25, -0.2) is 8.42 Å². The van der Waals surface area contributed by atoms with Crippen LogP contribution in [0.5, 0.6) is 5.75 Å². The van der Waals surface area contributed by atoms with Gasteiger partial charge in [0.1, 0.15) is 16.5 Å². The van der Waals surface area contributed by atoms with Crippen LogP contribution in [0.15, 0.2) is 39.9 Å². The molecule has 0 unspecified atom stereocenters. The largest absolute Gasteiger partial charge is 0.424 e. The molecule has 0 aliphatic rings. The Morgan fingerprint density at radius 3 is 2.73 bits per heavy atom. The molecule has 0 amide bonds. The van der Waals surface area contributed by atoms with Crippen LogP contribution in [-0.4, -0.2) is 32.3 Å². The van der Waals surface area contributed by atoms with Crippen LogP contribution in [0.25, 0.3) is 0 Å². The first-order valence-corrected chi connectivity index (χ1v) is 8.97. The first-order chi connectivity index (χ1) is 10.3. The van der Waals surface area contributed by atoms with E-state index in [4.69, 9.17) is 16.3 Å². The highest BCUT2D eigenvalue weighted by atomic mass is 35.5. The summed E-state index contributed by atoms with van der Waals surface area (Å²) in [6, 6.07) is 8.14. The highest BCUT2D eigenvalue weighted by Gasteiger charge is 2.24. The average molecular weight is 360 g/mol. The van der Waals surface area contributed by atoms with Gasteiger partial charge in [-0.05, 0) is 36.1 Å². The standard InChI is InChI=1S/C14H14ClNO4S2/c1-10-5-6-11(15)12(8-10)20-13(17)9-16(2)22(18,19)14-4-3-7-21-14/h3-8H,9H2,1-2H3. The number of likely N-dealkylation sites (N-methyl/N-ethyl adjacent to an activating group) is 1. The molecule has 1 aromatic heterocycles. The fourth-order valence-corrected chi connectivity index (χ4v) is 4.15. The summed E-state index contributed by atoms with van der Waals surface area (Å²) >= 11 is 7.03. The number of hydrogen-bond donors (Lipinski definition) is 0. The number of thiophene rings is 1. The summed E-state index contributed by atoms with van der Waals surface area (Å²) < 4.78 is 30.7. The number of carbonyl (C=O) groups is 1. The van der Waals surface area contributed by atoms with E-state index in [1.165, 1.54) is 13.1 Å². The fourth-order valence-electron chi connectivity index (χ4n) is 1.67. The van der Waals surface area contributed by atoms with E-state index in [9.17, 15) is 13.2 Å². The third kappa shape index (κ3) is 3.86. The molecule has 2 aromatic rings. The zero-order valence-electron chi connectivity index (χ0n) is 11.9. The summed E-state index contributed by atoms with van der Waals surface area (Å²) in [6.07, 6.45) is 0. The molecule has 8 heteroatoms. The van der Waals surface area contributed by atoms with E-state index in [0.29, 0.717) is 5.02 Å². The van der Waals surface area contributed by atoms with Crippen molar-refractivity contribution in [3.8, 4) is 5.75 Å². The Morgan fingerprint density at radius 1 is 1.36 bits per heavy atom. The summed E-state index contributed by atoms with van der Waals surface area (Å²) in [5.41, 5.74) is 0.881. The second-order valence-corrected chi connectivity index (χ2v) is 8.23. The van der Waals surface area contributed by atoms with E-state index < -0.39 is 22.5 Å². The number of nitrogens with zero attached hydrogens (tertiary/aromatic N) is 1. The summed E-state index contributed by atoms with van der Waals surface area (Å²) in [5.74, 6) is -0.483. The molecule has 0 saturated carbocycles. The van der Waals surface area contributed by atoms with Crippen LogP contribution in [0.1, 0.15) is 5.56 Å². The highest BCUT2D eigenvalue weighted by molar-refractivity contribution is 7.91. The highest BCUT2D eigenvalue weighted by Crippen LogP contribution is 2.25. The summed E-state index contributed by atoms with van der Waals surface area (Å²) in [7, 11) is -2.36. The lowest BCUT2D eigenvalue weighted by Gasteiger charge is -2.15. The molecule has 0 atom stereocenters. The van der Waals surface area contributed by atoms with Crippen molar-refractivity contribution in [3.63, 3.8) is 0 Å². The molecule has 0 aliphatic carbocycles. The summed E-state index contributed by atoms with van der Waals surface area (Å²) in [5, 5.41) is 1.95. The summed E-state index contributed by atoms with van der Waals surface area (Å²) in [4.78, 5) is 11.9. The molecular weight excluding hydrogens is 346 g/mol. The first-order valence-electron chi connectivity index (χ1n) is 6.27. The number of ether oxygens (including phenoxy) is 1. The van der Waals surface area contributed by atoms with Gasteiger partial charge in [0.2, 0.25) is 0 Å². The van der Waals surface area contributed by atoms with Crippen molar-refractivity contribution < 1.29 is 17.9 Å². The number of carbonyl (C=O) groups excluding carboxylic acids is 1. The molecule has 1 aromatic carbocycles. The Hall–Kier alpha value is -1.41. The van der Waals surface area contributed by atoms with Crippen LogP contribution < -0.4 is 4.74 Å². The van der Waals surface area contributed by atoms with Crippen LogP contribution >= 0.6 is 22.9 Å². The molecule has 0 radical (unpaired) electrons. The van der Waals surface area contributed by atoms with Crippen molar-refractivity contribution in [1.29, 1.82) is 0 Å². The van der Waals surface area contributed by atoms with Gasteiger partial charge in [-0.3, -0.25) is 4.79 Å². The topological polar surface area (TPSA) is 63.7 Å². The Morgan fingerprint density at radius 2 is 2.09 bits per heavy atom. The lowest BCUT2D eigenvalue weighted by molar-refractivity contribution is -0.134. The molecule has 0 spiro atoms. The molecule has 0 aliphatic heterocycles. The van der Waals surface area contributed by atoms with E-state index in [2.05, 4.69) is 0 Å². The van der Waals surface area contributed by atoms with Gasteiger partial charge in [0.15, 0.2) is 0 Å². The van der Waals surface area contributed by atoms with Crippen molar-refractivity contribution >= 4 is 38.9 Å². The maximum absolute atomic E-state index is 12.2. The van der Waals surface area contributed by atoms with Gasteiger partial charge in [-0.1, -0.05) is 23.7 Å². The molecule has 1 heterocycles. The lowest BCUT2D eigenvalue weighted by atomic mass is 10.2. The van der Waals surface area contributed by atoms with Crippen LogP contribution in [0.2, 0.25) is 5.02 Å². The van der Waals surface area contributed by atoms with E-state index in [0.717, 1.165) is 21.2 Å². The Kier molecular flexibility index (Phi) is 5.23. The molecule has 0 bridgehead atoms. The van der Waals surface area contributed by atoms with E-state index >= 15 is 0 Å². The smallest absolute Gasteiger partial charge is 0.326 e. The molecule has 0 saturated heterocycles. The third-order valence-corrected chi connectivity index (χ3v) is 6.31. The molecule has 0 N–H and O–H groups in total. The van der Waals surface area contributed by atoms with Crippen molar-refractivity contribution in [2.45, 2.75) is 11.1 Å². The lowest BCUT2D eigenvalue weighted by Crippen LogP contribution is -2.33. The number of sulfonamides is 1. The van der Waals surface area contributed by atoms with Gasteiger partial charge in [0, 0.05) is 7.05 Å². The third-order valence-electron chi connectivity index (χ3n) is 2.82. The predicted octanol–water partition coefficient (Wildman–Crippen LogP) is 2.94. The van der Waals surface area contributed by atoms with Gasteiger partial charge in [0.25, 0.3) is 10.0 Å². The zero-order chi connectivity index (χ0) is 16.3. The number of benzene rings is 1. The van der Waals surface area contributed by atoms with Crippen LogP contribution in [0, 0.1) is 6.92 Å². The maximum atomic E-state index is 12.2. The molecular formula is C14H14ClNO4S2. The Labute approximate surface area is 138 Å². The van der Waals surface area contributed by atoms with Gasteiger partial charge >= 0.3 is 5.97 Å². The van der Waals surface area contributed by atoms with E-state index in [1.807, 2.05) is 6.92 Å². The van der Waals surface area contributed by atoms with Crippen LogP contribution in [-0.2, 0) is 14.8 Å². The second kappa shape index (κ2) is 6.78. The molecule has 118 valence electrons. The van der Waals surface area contributed by atoms with Crippen molar-refractivity contribution in [2.24, 2.45) is 0 Å². The SMILES string of the molecule is Cc1ccc(Cl)c(OC(=O)CN(C)S(=O)(=O)c2cccs2)c1. The Bertz CT molecular complexity index is 772. The van der Waals surface area contributed by atoms with E-state index in [1.54, 1.807) is 29.6 Å². The summed E-state index contributed by atoms with van der Waals surface area (Å²) in [6.45, 7) is 1.44. The number of halogens is 1. The van der Waals surface area contributed by atoms with Crippen molar-refractivity contribution in [1.82, 2.24) is 4.31 Å². The second-order valence-electron chi connectivity index (χ2n) is 4.60. The number of rotatable bonds is 5. The monoisotopic (exact) mass is 359 g/mol. The normalized spacial score (nSPS) is 11.6. The van der Waals surface area contributed by atoms with Crippen LogP contribution in [0.4, 0.5) is 0 Å². The van der Waals surface area contributed by atoms with Gasteiger partial charge in [-0.2, -0.15) is 4.31 Å². The van der Waals surface area contributed by atoms with Crippen molar-refractivity contribution in [2.75, 3.05) is 13.6 Å². The number of hydrogen-bond acceptors (Lipinski definition) is 5. The number of aryl methyl sites for hydroxylation is 1.